The Morgan fingerprint density at radius 1 is 1.07 bits per heavy atom. The lowest BCUT2D eigenvalue weighted by molar-refractivity contribution is -0.274. The van der Waals surface area contributed by atoms with Gasteiger partial charge in [-0.15, -0.1) is 13.2 Å². The molecule has 0 spiro atoms. The topological polar surface area (TPSA) is 127 Å². The van der Waals surface area contributed by atoms with Crippen LogP contribution in [-0.4, -0.2) is 58.2 Å². The van der Waals surface area contributed by atoms with Gasteiger partial charge in [-0.1, -0.05) is 17.3 Å². The maximum Gasteiger partial charge on any atom is 0.573 e. The summed E-state index contributed by atoms with van der Waals surface area (Å²) in [5.74, 6) is -0.389. The SMILES string of the molecule is O=C(O)CNC(=O)c1ccc(N2[C@@H]3CC[C@H]2CC(OCc2c(-c4ccccc4OC(F)(F)F)noc2C2CC2)C3)nc1. The number of amides is 1. The average Bonchev–Trinajstić information content (AvgIpc) is 3.66. The first-order valence-electron chi connectivity index (χ1n) is 13.9. The van der Waals surface area contributed by atoms with Gasteiger partial charge in [0, 0.05) is 35.3 Å². The third kappa shape index (κ3) is 6.06. The van der Waals surface area contributed by atoms with E-state index in [0.29, 0.717) is 17.0 Å². The first-order valence-corrected chi connectivity index (χ1v) is 13.9. The summed E-state index contributed by atoms with van der Waals surface area (Å²) in [6.07, 6.45) is 1.79. The summed E-state index contributed by atoms with van der Waals surface area (Å²) >= 11 is 0. The van der Waals surface area contributed by atoms with E-state index >= 15 is 0 Å². The molecule has 6 rings (SSSR count). The molecule has 3 fully saturated rings. The molecule has 1 aromatic carbocycles. The number of hydrogen-bond acceptors (Lipinski definition) is 8. The number of fused-ring (bicyclic) bond motifs is 2. The number of para-hydroxylation sites is 1. The molecule has 13 heteroatoms. The van der Waals surface area contributed by atoms with E-state index < -0.39 is 24.8 Å². The van der Waals surface area contributed by atoms with Gasteiger partial charge in [0.2, 0.25) is 0 Å². The maximum absolute atomic E-state index is 13.1. The van der Waals surface area contributed by atoms with Crippen LogP contribution >= 0.6 is 0 Å². The number of pyridine rings is 1. The molecule has 2 aliphatic heterocycles. The Balaban J connectivity index is 1.14. The lowest BCUT2D eigenvalue weighted by Gasteiger charge is -2.39. The minimum Gasteiger partial charge on any atom is -0.480 e. The van der Waals surface area contributed by atoms with Crippen LogP contribution in [0.25, 0.3) is 11.3 Å². The molecule has 1 aliphatic carbocycles. The van der Waals surface area contributed by atoms with Crippen LogP contribution in [-0.2, 0) is 16.1 Å². The molecule has 3 aromatic rings. The van der Waals surface area contributed by atoms with Crippen molar-refractivity contribution in [3.63, 3.8) is 0 Å². The second-order valence-corrected chi connectivity index (χ2v) is 10.9. The minimum absolute atomic E-state index is 0.0729. The summed E-state index contributed by atoms with van der Waals surface area (Å²) in [7, 11) is 0. The zero-order valence-electron chi connectivity index (χ0n) is 22.5. The molecule has 222 valence electrons. The lowest BCUT2D eigenvalue weighted by atomic mass is 9.99. The van der Waals surface area contributed by atoms with Gasteiger partial charge in [-0.05, 0) is 62.8 Å². The van der Waals surface area contributed by atoms with E-state index in [1.807, 2.05) is 0 Å². The second kappa shape index (κ2) is 11.3. The Hall–Kier alpha value is -4.13. The van der Waals surface area contributed by atoms with Gasteiger partial charge in [0.15, 0.2) is 0 Å². The molecule has 2 N–H and O–H groups in total. The number of nitrogens with one attached hydrogen (secondary N) is 1. The normalized spacial score (nSPS) is 21.8. The van der Waals surface area contributed by atoms with E-state index in [-0.39, 0.29) is 47.6 Å². The number of carbonyl (C=O) groups is 2. The molecule has 1 unspecified atom stereocenters. The van der Waals surface area contributed by atoms with Crippen molar-refractivity contribution in [2.24, 2.45) is 0 Å². The number of rotatable bonds is 10. The first kappa shape index (κ1) is 28.0. The maximum atomic E-state index is 13.1. The van der Waals surface area contributed by atoms with Gasteiger partial charge in [0.1, 0.15) is 29.6 Å². The highest BCUT2D eigenvalue weighted by Crippen LogP contribution is 2.46. The number of benzene rings is 1. The number of anilines is 1. The van der Waals surface area contributed by atoms with Crippen LogP contribution < -0.4 is 15.0 Å². The lowest BCUT2D eigenvalue weighted by Crippen LogP contribution is -2.46. The van der Waals surface area contributed by atoms with Gasteiger partial charge >= 0.3 is 12.3 Å². The zero-order valence-corrected chi connectivity index (χ0v) is 22.5. The average molecular weight is 587 g/mol. The number of carboxylic acid groups (broad SMARTS) is 1. The van der Waals surface area contributed by atoms with Crippen molar-refractivity contribution < 1.29 is 41.9 Å². The summed E-state index contributed by atoms with van der Waals surface area (Å²) in [6.45, 7) is -0.307. The van der Waals surface area contributed by atoms with Crippen molar-refractivity contribution in [1.29, 1.82) is 0 Å². The molecule has 1 saturated carbocycles. The molecular formula is C29H29F3N4O6. The van der Waals surface area contributed by atoms with Crippen LogP contribution in [0.15, 0.2) is 47.1 Å². The van der Waals surface area contributed by atoms with Crippen LogP contribution in [0, 0.1) is 0 Å². The Kier molecular flexibility index (Phi) is 7.52. The number of ether oxygens (including phenoxy) is 2. The Morgan fingerprint density at radius 2 is 1.81 bits per heavy atom. The zero-order chi connectivity index (χ0) is 29.4. The standard InChI is InChI=1S/C29H29F3N4O6/c30-29(31,32)41-23-4-2-1-3-21(23)26-22(27(42-35-26)16-5-6-16)15-40-20-11-18-8-9-19(12-20)36(18)24-10-7-17(13-33-24)28(39)34-14-25(37)38/h1-4,7,10,13,16,18-20H,5-6,8-9,11-12,14-15H2,(H,34,39)(H,37,38)/t18-,19+,20?. The number of hydrogen-bond donors (Lipinski definition) is 2. The Morgan fingerprint density at radius 3 is 2.45 bits per heavy atom. The molecule has 3 aliphatic rings. The van der Waals surface area contributed by atoms with Crippen LogP contribution in [0.2, 0.25) is 0 Å². The van der Waals surface area contributed by atoms with Crippen molar-refractivity contribution in [1.82, 2.24) is 15.5 Å². The van der Waals surface area contributed by atoms with Gasteiger partial charge in [0.05, 0.1) is 18.3 Å². The van der Waals surface area contributed by atoms with Gasteiger partial charge in [-0.3, -0.25) is 9.59 Å². The number of aliphatic carboxylic acids is 1. The van der Waals surface area contributed by atoms with Gasteiger partial charge in [-0.25, -0.2) is 4.98 Å². The predicted octanol–water partition coefficient (Wildman–Crippen LogP) is 5.04. The summed E-state index contributed by atoms with van der Waals surface area (Å²) in [5.41, 5.74) is 1.44. The molecule has 0 radical (unpaired) electrons. The summed E-state index contributed by atoms with van der Waals surface area (Å²) in [4.78, 5) is 29.6. The molecule has 2 bridgehead atoms. The third-order valence-corrected chi connectivity index (χ3v) is 7.96. The van der Waals surface area contributed by atoms with Crippen LogP contribution in [0.1, 0.15) is 66.1 Å². The number of piperidine rings is 1. The number of halogens is 3. The molecule has 1 amide bonds. The van der Waals surface area contributed by atoms with E-state index in [1.54, 1.807) is 18.2 Å². The van der Waals surface area contributed by atoms with Crippen molar-refractivity contribution >= 4 is 17.7 Å². The van der Waals surface area contributed by atoms with Gasteiger partial charge < -0.3 is 29.3 Å². The van der Waals surface area contributed by atoms with E-state index in [1.165, 1.54) is 24.4 Å². The number of carbonyl (C=O) groups excluding carboxylic acids is 1. The van der Waals surface area contributed by atoms with Crippen molar-refractivity contribution in [2.75, 3.05) is 11.4 Å². The quantitative estimate of drug-likeness (QED) is 0.336. The van der Waals surface area contributed by atoms with Crippen LogP contribution in [0.4, 0.5) is 19.0 Å². The van der Waals surface area contributed by atoms with Crippen molar-refractivity contribution in [3.05, 3.63) is 59.5 Å². The Labute approximate surface area is 238 Å². The number of aromatic nitrogens is 2. The highest BCUT2D eigenvalue weighted by molar-refractivity contribution is 5.95. The smallest absolute Gasteiger partial charge is 0.480 e. The molecule has 4 heterocycles. The predicted molar refractivity (Wildman–Crippen MR) is 142 cm³/mol. The molecule has 2 aromatic heterocycles. The summed E-state index contributed by atoms with van der Waals surface area (Å²) < 4.78 is 55.6. The summed E-state index contributed by atoms with van der Waals surface area (Å²) in [6, 6.07) is 9.66. The van der Waals surface area contributed by atoms with E-state index in [0.717, 1.165) is 44.3 Å². The largest absolute Gasteiger partial charge is 0.573 e. The van der Waals surface area contributed by atoms with E-state index in [4.69, 9.17) is 14.4 Å². The highest BCUT2D eigenvalue weighted by Gasteiger charge is 2.42. The summed E-state index contributed by atoms with van der Waals surface area (Å²) in [5, 5.41) is 15.2. The van der Waals surface area contributed by atoms with Gasteiger partial charge in [-0.2, -0.15) is 0 Å². The minimum atomic E-state index is -4.84. The fourth-order valence-corrected chi connectivity index (χ4v) is 5.98. The Bertz CT molecular complexity index is 1440. The fraction of sp³-hybridized carbons (Fsp3) is 0.448. The molecular weight excluding hydrogens is 557 g/mol. The van der Waals surface area contributed by atoms with E-state index in [2.05, 4.69) is 25.1 Å². The van der Waals surface area contributed by atoms with Crippen molar-refractivity contribution in [3.8, 4) is 17.0 Å². The monoisotopic (exact) mass is 586 g/mol. The van der Waals surface area contributed by atoms with Gasteiger partial charge in [0.25, 0.3) is 5.91 Å². The second-order valence-electron chi connectivity index (χ2n) is 10.9. The van der Waals surface area contributed by atoms with Crippen LogP contribution in [0.3, 0.4) is 0 Å². The first-order chi connectivity index (χ1) is 20.2. The number of carboxylic acids is 1. The van der Waals surface area contributed by atoms with Crippen LogP contribution in [0.5, 0.6) is 5.75 Å². The van der Waals surface area contributed by atoms with E-state index in [9.17, 15) is 22.8 Å². The molecule has 3 atom stereocenters. The molecule has 10 nitrogen and oxygen atoms in total. The van der Waals surface area contributed by atoms with Crippen molar-refractivity contribution in [2.45, 2.75) is 75.6 Å². The molecule has 2 saturated heterocycles. The molecule has 42 heavy (non-hydrogen) atoms. The third-order valence-electron chi connectivity index (χ3n) is 7.96. The fourth-order valence-electron chi connectivity index (χ4n) is 5.98. The number of alkyl halides is 3. The number of nitrogens with zero attached hydrogens (tertiary/aromatic N) is 3. The highest BCUT2D eigenvalue weighted by atomic mass is 19.4.